The van der Waals surface area contributed by atoms with Gasteiger partial charge in [-0.1, -0.05) is 6.92 Å². The molecular weight excluding hydrogens is 230 g/mol. The number of nitrogens with zero attached hydrogens (tertiary/aromatic N) is 1. The number of rotatable bonds is 4. The smallest absolute Gasteiger partial charge is 0.337 e. The highest BCUT2D eigenvalue weighted by molar-refractivity contribution is 5.89. The quantitative estimate of drug-likeness (QED) is 0.901. The lowest BCUT2D eigenvalue weighted by atomic mass is 10.2. The fourth-order valence-electron chi connectivity index (χ4n) is 2.01. The molecule has 4 nitrogen and oxygen atoms in total. The van der Waals surface area contributed by atoms with E-state index < -0.39 is 5.97 Å². The molecule has 0 saturated carbocycles. The largest absolute Gasteiger partial charge is 0.497 e. The summed E-state index contributed by atoms with van der Waals surface area (Å²) in [4.78, 5) is 11.1. The minimum absolute atomic E-state index is 0.355. The van der Waals surface area contributed by atoms with Crippen LogP contribution in [0.1, 0.15) is 23.0 Å². The third-order valence-corrected chi connectivity index (χ3v) is 2.91. The minimum Gasteiger partial charge on any atom is -0.497 e. The topological polar surface area (TPSA) is 51.5 Å². The summed E-state index contributed by atoms with van der Waals surface area (Å²) >= 11 is 0. The first kappa shape index (κ1) is 12.2. The van der Waals surface area contributed by atoms with Crippen LogP contribution in [0.3, 0.4) is 0 Å². The minimum atomic E-state index is -0.890. The number of ether oxygens (including phenoxy) is 1. The molecular formula is C14H15NO3. The highest BCUT2D eigenvalue weighted by Crippen LogP contribution is 2.20. The van der Waals surface area contributed by atoms with Gasteiger partial charge in [0.2, 0.25) is 0 Å². The molecule has 0 atom stereocenters. The Hall–Kier alpha value is -2.23. The summed E-state index contributed by atoms with van der Waals surface area (Å²) in [5.74, 6) is -0.110. The summed E-state index contributed by atoms with van der Waals surface area (Å²) in [5, 5.41) is 9.11. The Balaban J connectivity index is 2.46. The SMILES string of the molecule is CCc1c(C(=O)O)ccn1-c1ccc(OC)cc1. The van der Waals surface area contributed by atoms with Gasteiger partial charge in [-0.2, -0.15) is 0 Å². The molecule has 0 aliphatic heterocycles. The van der Waals surface area contributed by atoms with Gasteiger partial charge < -0.3 is 14.4 Å². The molecule has 0 aliphatic carbocycles. The van der Waals surface area contributed by atoms with Crippen molar-refractivity contribution in [1.82, 2.24) is 4.57 Å². The van der Waals surface area contributed by atoms with E-state index in [1.165, 1.54) is 0 Å². The number of hydrogen-bond donors (Lipinski definition) is 1. The van der Waals surface area contributed by atoms with E-state index in [-0.39, 0.29) is 0 Å². The predicted octanol–water partition coefficient (Wildman–Crippen LogP) is 2.75. The average Bonchev–Trinajstić information content (AvgIpc) is 2.82. The van der Waals surface area contributed by atoms with Crippen LogP contribution in [0.15, 0.2) is 36.5 Å². The number of benzene rings is 1. The number of carboxylic acids is 1. The number of carboxylic acid groups (broad SMARTS) is 1. The first-order valence-corrected chi connectivity index (χ1v) is 5.75. The summed E-state index contributed by atoms with van der Waals surface area (Å²) in [6.45, 7) is 1.95. The van der Waals surface area contributed by atoms with Gasteiger partial charge in [0.05, 0.1) is 12.7 Å². The van der Waals surface area contributed by atoms with Crippen LogP contribution in [-0.2, 0) is 6.42 Å². The average molecular weight is 245 g/mol. The fourth-order valence-corrected chi connectivity index (χ4v) is 2.01. The van der Waals surface area contributed by atoms with Crippen molar-refractivity contribution >= 4 is 5.97 Å². The lowest BCUT2D eigenvalue weighted by molar-refractivity contribution is 0.0696. The van der Waals surface area contributed by atoms with E-state index in [4.69, 9.17) is 9.84 Å². The fraction of sp³-hybridized carbons (Fsp3) is 0.214. The molecule has 94 valence electrons. The first-order chi connectivity index (χ1) is 8.67. The van der Waals surface area contributed by atoms with E-state index in [1.807, 2.05) is 35.8 Å². The van der Waals surface area contributed by atoms with Crippen molar-refractivity contribution in [3.8, 4) is 11.4 Å². The van der Waals surface area contributed by atoms with Crippen molar-refractivity contribution in [3.63, 3.8) is 0 Å². The highest BCUT2D eigenvalue weighted by atomic mass is 16.5. The Kier molecular flexibility index (Phi) is 3.37. The molecule has 18 heavy (non-hydrogen) atoms. The Morgan fingerprint density at radius 3 is 2.44 bits per heavy atom. The van der Waals surface area contributed by atoms with Crippen molar-refractivity contribution in [2.45, 2.75) is 13.3 Å². The van der Waals surface area contributed by atoms with Crippen LogP contribution >= 0.6 is 0 Å². The number of hydrogen-bond acceptors (Lipinski definition) is 2. The second-order valence-electron chi connectivity index (χ2n) is 3.90. The van der Waals surface area contributed by atoms with E-state index in [2.05, 4.69) is 0 Å². The predicted molar refractivity (Wildman–Crippen MR) is 68.7 cm³/mol. The molecule has 1 aromatic carbocycles. The van der Waals surface area contributed by atoms with Crippen LogP contribution in [0.25, 0.3) is 5.69 Å². The van der Waals surface area contributed by atoms with Crippen LogP contribution in [0, 0.1) is 0 Å². The van der Waals surface area contributed by atoms with Gasteiger partial charge >= 0.3 is 5.97 Å². The van der Waals surface area contributed by atoms with E-state index in [9.17, 15) is 4.79 Å². The van der Waals surface area contributed by atoms with Gasteiger partial charge in [0.1, 0.15) is 5.75 Å². The van der Waals surface area contributed by atoms with Crippen LogP contribution in [0.5, 0.6) is 5.75 Å². The van der Waals surface area contributed by atoms with E-state index >= 15 is 0 Å². The second kappa shape index (κ2) is 4.96. The van der Waals surface area contributed by atoms with Crippen molar-refractivity contribution in [3.05, 3.63) is 47.8 Å². The summed E-state index contributed by atoms with van der Waals surface area (Å²) in [7, 11) is 1.62. The van der Waals surface area contributed by atoms with Gasteiger partial charge in [-0.3, -0.25) is 0 Å². The van der Waals surface area contributed by atoms with Gasteiger partial charge in [-0.25, -0.2) is 4.79 Å². The van der Waals surface area contributed by atoms with Crippen LogP contribution < -0.4 is 4.74 Å². The van der Waals surface area contributed by atoms with Crippen molar-refractivity contribution in [2.75, 3.05) is 7.11 Å². The van der Waals surface area contributed by atoms with E-state index in [1.54, 1.807) is 19.4 Å². The van der Waals surface area contributed by atoms with Gasteiger partial charge in [0, 0.05) is 17.6 Å². The van der Waals surface area contributed by atoms with E-state index in [0.717, 1.165) is 17.1 Å². The van der Waals surface area contributed by atoms with Gasteiger partial charge in [-0.15, -0.1) is 0 Å². The molecule has 1 N–H and O–H groups in total. The third-order valence-electron chi connectivity index (χ3n) is 2.91. The Morgan fingerprint density at radius 1 is 1.28 bits per heavy atom. The normalized spacial score (nSPS) is 10.3. The maximum atomic E-state index is 11.1. The molecule has 0 radical (unpaired) electrons. The maximum Gasteiger partial charge on any atom is 0.337 e. The Bertz CT molecular complexity index is 555. The zero-order valence-electron chi connectivity index (χ0n) is 10.4. The molecule has 4 heteroatoms. The Morgan fingerprint density at radius 2 is 1.94 bits per heavy atom. The standard InChI is InChI=1S/C14H15NO3/c1-3-13-12(14(16)17)8-9-15(13)10-4-6-11(18-2)7-5-10/h4-9H,3H2,1-2H3,(H,16,17). The van der Waals surface area contributed by atoms with Gasteiger partial charge in [0.25, 0.3) is 0 Å². The third kappa shape index (κ3) is 2.09. The molecule has 2 aromatic rings. The molecule has 0 amide bonds. The summed E-state index contributed by atoms with van der Waals surface area (Å²) in [6, 6.07) is 9.16. The van der Waals surface area contributed by atoms with Crippen molar-refractivity contribution < 1.29 is 14.6 Å². The molecule has 1 heterocycles. The molecule has 0 unspecified atom stereocenters. The summed E-state index contributed by atoms with van der Waals surface area (Å²) in [6.07, 6.45) is 2.45. The number of aromatic nitrogens is 1. The van der Waals surface area contributed by atoms with Crippen LogP contribution in [0.2, 0.25) is 0 Å². The maximum absolute atomic E-state index is 11.1. The van der Waals surface area contributed by atoms with Crippen molar-refractivity contribution in [2.24, 2.45) is 0 Å². The monoisotopic (exact) mass is 245 g/mol. The zero-order chi connectivity index (χ0) is 13.1. The summed E-state index contributed by atoms with van der Waals surface area (Å²) < 4.78 is 6.99. The van der Waals surface area contributed by atoms with Crippen LogP contribution in [0.4, 0.5) is 0 Å². The molecule has 1 aromatic heterocycles. The van der Waals surface area contributed by atoms with Crippen LogP contribution in [-0.4, -0.2) is 22.8 Å². The molecule has 0 bridgehead atoms. The molecule has 0 aliphatic rings. The van der Waals surface area contributed by atoms with Gasteiger partial charge in [-0.05, 0) is 36.8 Å². The zero-order valence-corrected chi connectivity index (χ0v) is 10.4. The molecule has 2 rings (SSSR count). The first-order valence-electron chi connectivity index (χ1n) is 5.75. The number of carbonyl (C=O) groups is 1. The molecule has 0 fully saturated rings. The van der Waals surface area contributed by atoms with Gasteiger partial charge in [0.15, 0.2) is 0 Å². The number of methoxy groups -OCH3 is 1. The lowest BCUT2D eigenvalue weighted by Crippen LogP contribution is -2.04. The lowest BCUT2D eigenvalue weighted by Gasteiger charge is -2.09. The molecule has 0 spiro atoms. The molecule has 0 saturated heterocycles. The highest BCUT2D eigenvalue weighted by Gasteiger charge is 2.14. The van der Waals surface area contributed by atoms with E-state index in [0.29, 0.717) is 12.0 Å². The van der Waals surface area contributed by atoms with Crippen molar-refractivity contribution in [1.29, 1.82) is 0 Å². The summed E-state index contributed by atoms with van der Waals surface area (Å²) in [5.41, 5.74) is 2.08. The second-order valence-corrected chi connectivity index (χ2v) is 3.90. The number of aromatic carboxylic acids is 1. The Labute approximate surface area is 105 Å².